The van der Waals surface area contributed by atoms with Gasteiger partial charge in [-0.2, -0.15) is 12.6 Å². The maximum absolute atomic E-state index is 8.67. The number of allylic oxidation sites excluding steroid dienone is 1. The Kier molecular flexibility index (Phi) is 9.01. The molecule has 1 atom stereocenters. The second-order valence-corrected chi connectivity index (χ2v) is 3.36. The third kappa shape index (κ3) is 8.08. The molecule has 5 heteroatoms. The SMILES string of the molecule is C=CN/C=C(/N)C=NC(CS)CCCO. The zero-order chi connectivity index (χ0) is 11.5. The summed E-state index contributed by atoms with van der Waals surface area (Å²) in [7, 11) is 0. The van der Waals surface area contributed by atoms with Crippen LogP contribution in [0.25, 0.3) is 0 Å². The number of nitrogens with zero attached hydrogens (tertiary/aromatic N) is 1. The van der Waals surface area contributed by atoms with Gasteiger partial charge in [-0.3, -0.25) is 4.99 Å². The maximum Gasteiger partial charge on any atom is 0.0658 e. The highest BCUT2D eigenvalue weighted by Gasteiger charge is 2.02. The minimum Gasteiger partial charge on any atom is -0.396 e. The number of aliphatic hydroxyl groups excluding tert-OH is 1. The van der Waals surface area contributed by atoms with E-state index in [0.29, 0.717) is 11.4 Å². The minimum absolute atomic E-state index is 0.108. The number of rotatable bonds is 8. The summed E-state index contributed by atoms with van der Waals surface area (Å²) in [6, 6.07) is 0.108. The maximum atomic E-state index is 8.67. The molecule has 0 rings (SSSR count). The summed E-state index contributed by atoms with van der Waals surface area (Å²) in [4.78, 5) is 4.25. The van der Waals surface area contributed by atoms with Crippen LogP contribution in [0.2, 0.25) is 0 Å². The highest BCUT2D eigenvalue weighted by atomic mass is 32.1. The van der Waals surface area contributed by atoms with Gasteiger partial charge in [0, 0.05) is 24.8 Å². The first-order valence-corrected chi connectivity index (χ1v) is 5.45. The van der Waals surface area contributed by atoms with Gasteiger partial charge in [-0.25, -0.2) is 0 Å². The molecule has 0 fully saturated rings. The van der Waals surface area contributed by atoms with Gasteiger partial charge in [0.2, 0.25) is 0 Å². The number of hydrogen-bond acceptors (Lipinski definition) is 5. The van der Waals surface area contributed by atoms with Gasteiger partial charge in [0.25, 0.3) is 0 Å². The molecule has 0 aromatic rings. The van der Waals surface area contributed by atoms with Crippen LogP contribution in [0, 0.1) is 0 Å². The van der Waals surface area contributed by atoms with Crippen molar-refractivity contribution in [3.63, 3.8) is 0 Å². The fourth-order valence-electron chi connectivity index (χ4n) is 0.924. The van der Waals surface area contributed by atoms with E-state index in [2.05, 4.69) is 29.5 Å². The van der Waals surface area contributed by atoms with Crippen molar-refractivity contribution in [1.29, 1.82) is 0 Å². The lowest BCUT2D eigenvalue weighted by atomic mass is 10.2. The lowest BCUT2D eigenvalue weighted by Gasteiger charge is -2.07. The third-order valence-electron chi connectivity index (χ3n) is 1.71. The minimum atomic E-state index is 0.108. The second-order valence-electron chi connectivity index (χ2n) is 3.00. The van der Waals surface area contributed by atoms with Crippen LogP contribution in [0.3, 0.4) is 0 Å². The second kappa shape index (κ2) is 9.61. The van der Waals surface area contributed by atoms with Crippen LogP contribution < -0.4 is 11.1 Å². The molecule has 0 aromatic carbocycles. The third-order valence-corrected chi connectivity index (χ3v) is 2.13. The highest BCUT2D eigenvalue weighted by molar-refractivity contribution is 7.80. The molecule has 0 aliphatic heterocycles. The summed E-state index contributed by atoms with van der Waals surface area (Å²) in [5, 5.41) is 11.4. The first-order valence-electron chi connectivity index (χ1n) is 4.82. The monoisotopic (exact) mass is 229 g/mol. The van der Waals surface area contributed by atoms with E-state index in [4.69, 9.17) is 10.8 Å². The molecule has 4 nitrogen and oxygen atoms in total. The van der Waals surface area contributed by atoms with Crippen molar-refractivity contribution in [3.8, 4) is 0 Å². The Morgan fingerprint density at radius 3 is 2.93 bits per heavy atom. The van der Waals surface area contributed by atoms with Crippen molar-refractivity contribution in [2.75, 3.05) is 12.4 Å². The molecular formula is C10H19N3OS. The van der Waals surface area contributed by atoms with Crippen molar-refractivity contribution in [1.82, 2.24) is 5.32 Å². The van der Waals surface area contributed by atoms with E-state index in [0.717, 1.165) is 12.8 Å². The lowest BCUT2D eigenvalue weighted by Crippen LogP contribution is -2.11. The summed E-state index contributed by atoms with van der Waals surface area (Å²) < 4.78 is 0. The van der Waals surface area contributed by atoms with Crippen molar-refractivity contribution in [3.05, 3.63) is 24.7 Å². The van der Waals surface area contributed by atoms with E-state index in [1.54, 1.807) is 12.4 Å². The van der Waals surface area contributed by atoms with E-state index >= 15 is 0 Å². The Morgan fingerprint density at radius 2 is 2.40 bits per heavy atom. The lowest BCUT2D eigenvalue weighted by molar-refractivity contribution is 0.281. The molecule has 0 amide bonds. The van der Waals surface area contributed by atoms with Gasteiger partial charge in [0.05, 0.1) is 11.7 Å². The van der Waals surface area contributed by atoms with Crippen LogP contribution >= 0.6 is 12.6 Å². The predicted octanol–water partition coefficient (Wildman–Crippen LogP) is 0.661. The average Bonchev–Trinajstić information content (AvgIpc) is 2.26. The Hall–Kier alpha value is -0.940. The van der Waals surface area contributed by atoms with Gasteiger partial charge in [0.15, 0.2) is 0 Å². The van der Waals surface area contributed by atoms with Gasteiger partial charge >= 0.3 is 0 Å². The summed E-state index contributed by atoms with van der Waals surface area (Å²) in [5.74, 6) is 0.651. The first kappa shape index (κ1) is 14.1. The molecule has 4 N–H and O–H groups in total. The van der Waals surface area contributed by atoms with Crippen LogP contribution in [0.15, 0.2) is 29.7 Å². The highest BCUT2D eigenvalue weighted by Crippen LogP contribution is 2.03. The number of aliphatic imine (C=N–C) groups is 1. The molecular weight excluding hydrogens is 210 g/mol. The van der Waals surface area contributed by atoms with Crippen molar-refractivity contribution < 1.29 is 5.11 Å². The Morgan fingerprint density at radius 1 is 1.67 bits per heavy atom. The van der Waals surface area contributed by atoms with Gasteiger partial charge in [-0.15, -0.1) is 0 Å². The van der Waals surface area contributed by atoms with Crippen LogP contribution in [-0.2, 0) is 0 Å². The summed E-state index contributed by atoms with van der Waals surface area (Å²) in [6.07, 6.45) is 6.28. The molecule has 0 bridgehead atoms. The smallest absolute Gasteiger partial charge is 0.0658 e. The summed E-state index contributed by atoms with van der Waals surface area (Å²) in [6.45, 7) is 3.67. The van der Waals surface area contributed by atoms with E-state index < -0.39 is 0 Å². The number of nitrogens with one attached hydrogen (secondary N) is 1. The molecule has 0 aliphatic rings. The number of hydrogen-bond donors (Lipinski definition) is 4. The topological polar surface area (TPSA) is 70.6 Å². The molecule has 0 saturated heterocycles. The summed E-state index contributed by atoms with van der Waals surface area (Å²) in [5.41, 5.74) is 6.15. The number of nitrogens with two attached hydrogens (primary N) is 1. The molecule has 0 radical (unpaired) electrons. The fourth-order valence-corrected chi connectivity index (χ4v) is 1.20. The average molecular weight is 229 g/mol. The quantitative estimate of drug-likeness (QED) is 0.365. The number of thiol groups is 1. The van der Waals surface area contributed by atoms with Gasteiger partial charge in [-0.1, -0.05) is 6.58 Å². The molecule has 86 valence electrons. The van der Waals surface area contributed by atoms with E-state index in [-0.39, 0.29) is 12.6 Å². The van der Waals surface area contributed by atoms with Gasteiger partial charge in [0.1, 0.15) is 0 Å². The van der Waals surface area contributed by atoms with E-state index in [1.807, 2.05) is 0 Å². The molecule has 0 saturated carbocycles. The zero-order valence-electron chi connectivity index (χ0n) is 8.76. The van der Waals surface area contributed by atoms with Crippen LogP contribution in [-0.4, -0.2) is 29.7 Å². The van der Waals surface area contributed by atoms with Crippen molar-refractivity contribution in [2.24, 2.45) is 10.7 Å². The van der Waals surface area contributed by atoms with E-state index in [9.17, 15) is 0 Å². The van der Waals surface area contributed by atoms with E-state index in [1.165, 1.54) is 6.20 Å². The van der Waals surface area contributed by atoms with Crippen LogP contribution in [0.4, 0.5) is 0 Å². The molecule has 15 heavy (non-hydrogen) atoms. The summed E-state index contributed by atoms with van der Waals surface area (Å²) >= 11 is 4.17. The Labute approximate surface area is 96.4 Å². The van der Waals surface area contributed by atoms with Crippen LogP contribution in [0.5, 0.6) is 0 Å². The van der Waals surface area contributed by atoms with Crippen molar-refractivity contribution >= 4 is 18.8 Å². The largest absolute Gasteiger partial charge is 0.396 e. The standard InChI is InChI=1S/C10H19N3OS/c1-2-12-6-9(11)7-13-10(8-15)4-3-5-14/h2,6-7,10,12,14-15H,1,3-5,8,11H2/b9-6+,13-7?. The van der Waals surface area contributed by atoms with Crippen molar-refractivity contribution in [2.45, 2.75) is 18.9 Å². The first-order chi connectivity index (χ1) is 7.24. The molecule has 0 spiro atoms. The predicted molar refractivity (Wildman–Crippen MR) is 68.1 cm³/mol. The Bertz CT molecular complexity index is 229. The molecule has 1 unspecified atom stereocenters. The molecule has 0 heterocycles. The normalized spacial score (nSPS) is 14.1. The molecule has 0 aromatic heterocycles. The number of aliphatic hydroxyl groups is 1. The van der Waals surface area contributed by atoms with Crippen LogP contribution in [0.1, 0.15) is 12.8 Å². The van der Waals surface area contributed by atoms with Gasteiger partial charge < -0.3 is 16.2 Å². The van der Waals surface area contributed by atoms with Gasteiger partial charge in [-0.05, 0) is 19.0 Å². The Balaban J connectivity index is 4.03. The zero-order valence-corrected chi connectivity index (χ0v) is 9.66. The fraction of sp³-hybridized carbons (Fsp3) is 0.500. The molecule has 0 aliphatic carbocycles.